The van der Waals surface area contributed by atoms with Crippen molar-refractivity contribution < 1.29 is 19.1 Å². The molecule has 2 heterocycles. The summed E-state index contributed by atoms with van der Waals surface area (Å²) in [5.74, 6) is -0.594. The number of aromatic nitrogens is 2. The number of amides is 3. The fourth-order valence-corrected chi connectivity index (χ4v) is 5.26. The van der Waals surface area contributed by atoms with E-state index >= 15 is 0 Å². The van der Waals surface area contributed by atoms with Gasteiger partial charge in [-0.15, -0.1) is 0 Å². The summed E-state index contributed by atoms with van der Waals surface area (Å²) in [6, 6.07) is 3.48. The first-order valence-corrected chi connectivity index (χ1v) is 13.8. The van der Waals surface area contributed by atoms with Crippen molar-refractivity contribution in [1.29, 1.82) is 0 Å². The number of aryl methyl sites for hydroxylation is 2. The van der Waals surface area contributed by atoms with E-state index < -0.39 is 23.8 Å². The average molecular weight is 565 g/mol. The van der Waals surface area contributed by atoms with Crippen LogP contribution in [0.15, 0.2) is 24.4 Å². The zero-order chi connectivity index (χ0) is 27.4. The molecule has 2 aromatic rings. The molecule has 0 saturated carbocycles. The lowest BCUT2D eigenvalue weighted by Gasteiger charge is -2.29. The first-order valence-electron chi connectivity index (χ1n) is 13.1. The first-order chi connectivity index (χ1) is 18.0. The van der Waals surface area contributed by atoms with Gasteiger partial charge in [0, 0.05) is 19.2 Å². The Balaban J connectivity index is 1.45. The number of carbonyl (C=O) groups excluding carboxylic acids is 3. The number of fused-ring (bicyclic) bond motifs is 1. The number of hydrogen-bond donors (Lipinski definition) is 2. The second-order valence-corrected chi connectivity index (χ2v) is 11.7. The van der Waals surface area contributed by atoms with Crippen LogP contribution in [-0.2, 0) is 40.3 Å². The Kier molecular flexibility index (Phi) is 8.88. The maximum absolute atomic E-state index is 13.7. The van der Waals surface area contributed by atoms with Crippen molar-refractivity contribution in [2.45, 2.75) is 90.1 Å². The van der Waals surface area contributed by atoms with Gasteiger partial charge < -0.3 is 20.3 Å². The quantitative estimate of drug-likeness (QED) is 0.523. The van der Waals surface area contributed by atoms with Gasteiger partial charge in [-0.05, 0) is 82.6 Å². The summed E-state index contributed by atoms with van der Waals surface area (Å²) in [7, 11) is 0. The molecule has 9 nitrogen and oxygen atoms in total. The van der Waals surface area contributed by atoms with Crippen molar-refractivity contribution in [3.63, 3.8) is 0 Å². The second kappa shape index (κ2) is 11.9. The number of ether oxygens (including phenoxy) is 1. The summed E-state index contributed by atoms with van der Waals surface area (Å²) in [5.41, 5.74) is 2.32. The van der Waals surface area contributed by atoms with Gasteiger partial charge in [0.15, 0.2) is 0 Å². The minimum absolute atomic E-state index is 0.165. The predicted octanol–water partition coefficient (Wildman–Crippen LogP) is 4.27. The molecule has 2 atom stereocenters. The highest BCUT2D eigenvalue weighted by Gasteiger charge is 2.38. The van der Waals surface area contributed by atoms with Crippen molar-refractivity contribution >= 4 is 41.1 Å². The van der Waals surface area contributed by atoms with Crippen LogP contribution in [0.2, 0.25) is 10.0 Å². The first kappa shape index (κ1) is 28.2. The summed E-state index contributed by atoms with van der Waals surface area (Å²) >= 11 is 12.2. The Morgan fingerprint density at radius 3 is 2.61 bits per heavy atom. The van der Waals surface area contributed by atoms with Gasteiger partial charge in [-0.1, -0.05) is 29.3 Å². The van der Waals surface area contributed by atoms with Crippen LogP contribution in [0.3, 0.4) is 0 Å². The van der Waals surface area contributed by atoms with E-state index in [-0.39, 0.29) is 24.9 Å². The third-order valence-electron chi connectivity index (χ3n) is 6.70. The van der Waals surface area contributed by atoms with Crippen LogP contribution in [0.25, 0.3) is 0 Å². The number of nitrogens with one attached hydrogen (secondary N) is 2. The predicted molar refractivity (Wildman–Crippen MR) is 145 cm³/mol. The summed E-state index contributed by atoms with van der Waals surface area (Å²) in [4.78, 5) is 41.0. The highest BCUT2D eigenvalue weighted by molar-refractivity contribution is 6.42. The Bertz CT molecular complexity index is 1170. The number of hydrogen-bond acceptors (Lipinski definition) is 5. The zero-order valence-electron chi connectivity index (χ0n) is 22.1. The molecule has 0 unspecified atom stereocenters. The Morgan fingerprint density at radius 2 is 1.89 bits per heavy atom. The van der Waals surface area contributed by atoms with Crippen molar-refractivity contribution in [2.24, 2.45) is 0 Å². The molecule has 1 aromatic heterocycles. The van der Waals surface area contributed by atoms with Crippen molar-refractivity contribution in [1.82, 2.24) is 25.3 Å². The summed E-state index contributed by atoms with van der Waals surface area (Å²) in [6.45, 7) is 5.91. The Morgan fingerprint density at radius 1 is 1.13 bits per heavy atom. The lowest BCUT2D eigenvalue weighted by molar-refractivity contribution is -0.140. The maximum atomic E-state index is 13.7. The topological polar surface area (TPSA) is 106 Å². The van der Waals surface area contributed by atoms with Gasteiger partial charge in [-0.3, -0.25) is 14.3 Å². The molecule has 1 aromatic carbocycles. The largest absolute Gasteiger partial charge is 0.444 e. The Hall–Kier alpha value is -2.78. The highest BCUT2D eigenvalue weighted by Crippen LogP contribution is 2.25. The van der Waals surface area contributed by atoms with Gasteiger partial charge in [0.2, 0.25) is 11.8 Å². The van der Waals surface area contributed by atoms with Gasteiger partial charge in [0.1, 0.15) is 24.4 Å². The number of alkyl carbamates (subject to hydrolysis) is 1. The molecule has 0 bridgehead atoms. The molecule has 2 aliphatic rings. The number of rotatable bonds is 7. The maximum Gasteiger partial charge on any atom is 0.408 e. The van der Waals surface area contributed by atoms with E-state index in [0.717, 1.165) is 36.9 Å². The van der Waals surface area contributed by atoms with Gasteiger partial charge in [-0.2, -0.15) is 5.10 Å². The van der Waals surface area contributed by atoms with E-state index in [1.54, 1.807) is 48.6 Å². The molecular weight excluding hydrogens is 529 g/mol. The minimum atomic E-state index is -0.951. The Labute approximate surface area is 233 Å². The lowest BCUT2D eigenvalue weighted by atomic mass is 9.99. The van der Waals surface area contributed by atoms with Crippen LogP contribution in [-0.4, -0.2) is 56.8 Å². The van der Waals surface area contributed by atoms with Crippen molar-refractivity contribution in [3.05, 3.63) is 51.3 Å². The fourth-order valence-electron chi connectivity index (χ4n) is 4.94. The SMILES string of the molecule is CC(C)(C)OC(=O)N[C@H](Cc1ccc(Cl)c(Cl)c1)C(=O)N1CCC[C@H]1C(=O)NCn1cc2c(n1)CCCC2. The molecule has 4 rings (SSSR count). The van der Waals surface area contributed by atoms with Crippen LogP contribution in [0, 0.1) is 0 Å². The van der Waals surface area contributed by atoms with E-state index in [4.69, 9.17) is 27.9 Å². The van der Waals surface area contributed by atoms with Gasteiger partial charge in [0.25, 0.3) is 0 Å². The molecule has 0 spiro atoms. The molecule has 0 radical (unpaired) electrons. The van der Waals surface area contributed by atoms with E-state index in [1.807, 2.05) is 6.20 Å². The highest BCUT2D eigenvalue weighted by atomic mass is 35.5. The van der Waals surface area contributed by atoms with E-state index in [2.05, 4.69) is 15.7 Å². The standard InChI is InChI=1S/C27H35Cl2N5O4/c1-27(2,3)38-26(37)31-22(14-17-10-11-19(28)20(29)13-17)25(36)34-12-6-9-23(34)24(35)30-16-33-15-18-7-4-5-8-21(18)32-33/h10-11,13,15,22-23H,4-9,12,14,16H2,1-3H3,(H,30,35)(H,31,37)/t22-,23+/m1/s1. The average Bonchev–Trinajstić information content (AvgIpc) is 3.50. The van der Waals surface area contributed by atoms with Crippen LogP contribution in [0.1, 0.15) is 63.3 Å². The lowest BCUT2D eigenvalue weighted by Crippen LogP contribution is -2.54. The van der Waals surface area contributed by atoms with Crippen molar-refractivity contribution in [2.75, 3.05) is 6.54 Å². The molecular formula is C27H35Cl2N5O4. The summed E-state index contributed by atoms with van der Waals surface area (Å²) in [6.07, 6.45) is 6.94. The fraction of sp³-hybridized carbons (Fsp3) is 0.556. The number of carbonyl (C=O) groups is 3. The molecule has 1 aliphatic heterocycles. The number of nitrogens with zero attached hydrogens (tertiary/aromatic N) is 3. The molecule has 3 amide bonds. The normalized spacial score (nSPS) is 18.0. The third-order valence-corrected chi connectivity index (χ3v) is 7.44. The zero-order valence-corrected chi connectivity index (χ0v) is 23.6. The van der Waals surface area contributed by atoms with Gasteiger partial charge in [-0.25, -0.2) is 4.79 Å². The van der Waals surface area contributed by atoms with Gasteiger partial charge in [0.05, 0.1) is 15.7 Å². The molecule has 206 valence electrons. The van der Waals surface area contributed by atoms with Crippen LogP contribution in [0.5, 0.6) is 0 Å². The molecule has 2 N–H and O–H groups in total. The number of benzene rings is 1. The third kappa shape index (κ3) is 7.20. The molecule has 11 heteroatoms. The number of halogens is 2. The molecule has 1 aliphatic carbocycles. The second-order valence-electron chi connectivity index (χ2n) is 10.9. The van der Waals surface area contributed by atoms with Crippen LogP contribution >= 0.6 is 23.2 Å². The van der Waals surface area contributed by atoms with Crippen LogP contribution in [0.4, 0.5) is 4.79 Å². The monoisotopic (exact) mass is 563 g/mol. The van der Waals surface area contributed by atoms with Gasteiger partial charge >= 0.3 is 6.09 Å². The summed E-state index contributed by atoms with van der Waals surface area (Å²) < 4.78 is 7.16. The number of likely N-dealkylation sites (tertiary alicyclic amines) is 1. The van der Waals surface area contributed by atoms with E-state index in [1.165, 1.54) is 5.56 Å². The van der Waals surface area contributed by atoms with E-state index in [0.29, 0.717) is 29.4 Å². The summed E-state index contributed by atoms with van der Waals surface area (Å²) in [5, 5.41) is 11.0. The minimum Gasteiger partial charge on any atom is -0.444 e. The molecule has 1 saturated heterocycles. The van der Waals surface area contributed by atoms with Crippen LogP contribution < -0.4 is 10.6 Å². The molecule has 38 heavy (non-hydrogen) atoms. The smallest absolute Gasteiger partial charge is 0.408 e. The molecule has 1 fully saturated rings. The van der Waals surface area contributed by atoms with E-state index in [9.17, 15) is 14.4 Å². The van der Waals surface area contributed by atoms with Crippen molar-refractivity contribution in [3.8, 4) is 0 Å².